The van der Waals surface area contributed by atoms with Crippen LogP contribution in [0.5, 0.6) is 6.01 Å². The molecule has 0 spiro atoms. The van der Waals surface area contributed by atoms with E-state index in [2.05, 4.69) is 56.7 Å². The highest BCUT2D eigenvalue weighted by Gasteiger charge is 2.15. The zero-order chi connectivity index (χ0) is 20.8. The molecule has 0 bridgehead atoms. The maximum Gasteiger partial charge on any atom is 0.319 e. The van der Waals surface area contributed by atoms with Crippen LogP contribution >= 0.6 is 0 Å². The average molecular weight is 411 g/mol. The summed E-state index contributed by atoms with van der Waals surface area (Å²) in [7, 11) is 0. The molecule has 0 atom stereocenters. The van der Waals surface area contributed by atoms with Gasteiger partial charge in [-0.15, -0.1) is 0 Å². The van der Waals surface area contributed by atoms with Gasteiger partial charge in [-0.25, -0.2) is 0 Å². The molecule has 0 aliphatic carbocycles. The smallest absolute Gasteiger partial charge is 0.319 e. The van der Waals surface area contributed by atoms with Crippen molar-refractivity contribution in [3.05, 3.63) is 41.1 Å². The summed E-state index contributed by atoms with van der Waals surface area (Å²) in [5.41, 5.74) is 10.7. The fourth-order valence-corrected chi connectivity index (χ4v) is 3.59. The van der Waals surface area contributed by atoms with Crippen molar-refractivity contribution < 1.29 is 9.47 Å². The number of nitrogens with zero attached hydrogens (tertiary/aromatic N) is 3. The van der Waals surface area contributed by atoms with Gasteiger partial charge in [-0.3, -0.25) is 5.10 Å². The second-order valence-electron chi connectivity index (χ2n) is 7.75. The Morgan fingerprint density at radius 1 is 1.13 bits per heavy atom. The summed E-state index contributed by atoms with van der Waals surface area (Å²) >= 11 is 0. The summed E-state index contributed by atoms with van der Waals surface area (Å²) in [5.74, 6) is 0.337. The first-order valence-electron chi connectivity index (χ1n) is 10.7. The Bertz CT molecular complexity index is 950. The van der Waals surface area contributed by atoms with Crippen molar-refractivity contribution in [2.75, 3.05) is 25.6 Å². The van der Waals surface area contributed by atoms with E-state index in [0.29, 0.717) is 36.4 Å². The standard InChI is InChI=1S/C22H30N6O2/c1-2-3-10-30-22-25-19-18(27-28-20(19)21(23)26-22)13-15-4-6-16(7-5-15)14-24-17-8-11-29-12-9-17/h4-7,17,24H,2-3,8-14H2,1H3,(H,27,28)(H2,23,25,26). The van der Waals surface area contributed by atoms with Crippen molar-refractivity contribution in [3.8, 4) is 6.01 Å². The van der Waals surface area contributed by atoms with Gasteiger partial charge in [0.25, 0.3) is 0 Å². The van der Waals surface area contributed by atoms with Gasteiger partial charge in [0.15, 0.2) is 11.3 Å². The lowest BCUT2D eigenvalue weighted by atomic mass is 10.1. The third kappa shape index (κ3) is 5.06. The Hall–Kier alpha value is -2.71. The molecule has 3 aromatic rings. The Morgan fingerprint density at radius 3 is 2.67 bits per heavy atom. The van der Waals surface area contributed by atoms with Crippen molar-refractivity contribution in [3.63, 3.8) is 0 Å². The van der Waals surface area contributed by atoms with Crippen LogP contribution in [0.15, 0.2) is 24.3 Å². The molecule has 3 heterocycles. The van der Waals surface area contributed by atoms with E-state index in [-0.39, 0.29) is 0 Å². The molecule has 30 heavy (non-hydrogen) atoms. The first-order valence-corrected chi connectivity index (χ1v) is 10.7. The molecule has 0 radical (unpaired) electrons. The number of hydrogen-bond donors (Lipinski definition) is 3. The number of unbranched alkanes of at least 4 members (excludes halogenated alkanes) is 1. The average Bonchev–Trinajstić information content (AvgIpc) is 3.17. The minimum atomic E-state index is 0.311. The molecule has 8 heteroatoms. The van der Waals surface area contributed by atoms with E-state index in [0.717, 1.165) is 56.7 Å². The van der Waals surface area contributed by atoms with E-state index in [9.17, 15) is 0 Å². The SMILES string of the molecule is CCCCOc1nc(N)c2n[nH]c(Cc3ccc(CNC4CCOCC4)cc3)c2n1. The molecule has 1 aliphatic heterocycles. The number of rotatable bonds is 9. The highest BCUT2D eigenvalue weighted by molar-refractivity contribution is 5.86. The first-order chi connectivity index (χ1) is 14.7. The summed E-state index contributed by atoms with van der Waals surface area (Å²) in [6, 6.07) is 9.50. The lowest BCUT2D eigenvalue weighted by Gasteiger charge is -2.23. The van der Waals surface area contributed by atoms with Gasteiger partial charge in [-0.1, -0.05) is 37.6 Å². The number of anilines is 1. The second-order valence-corrected chi connectivity index (χ2v) is 7.75. The lowest BCUT2D eigenvalue weighted by Crippen LogP contribution is -2.34. The van der Waals surface area contributed by atoms with Gasteiger partial charge in [0.1, 0.15) is 5.52 Å². The van der Waals surface area contributed by atoms with E-state index in [4.69, 9.17) is 15.2 Å². The Balaban J connectivity index is 1.41. The van der Waals surface area contributed by atoms with Gasteiger partial charge in [-0.2, -0.15) is 15.1 Å². The van der Waals surface area contributed by atoms with Gasteiger partial charge in [0.2, 0.25) is 0 Å². The molecule has 0 saturated carbocycles. The Kier molecular flexibility index (Phi) is 6.76. The molecular weight excluding hydrogens is 380 g/mol. The van der Waals surface area contributed by atoms with E-state index in [1.807, 2.05) is 0 Å². The number of H-pyrrole nitrogens is 1. The molecule has 1 fully saturated rings. The van der Waals surface area contributed by atoms with Gasteiger partial charge in [-0.05, 0) is 30.4 Å². The van der Waals surface area contributed by atoms with Gasteiger partial charge < -0.3 is 20.5 Å². The lowest BCUT2D eigenvalue weighted by molar-refractivity contribution is 0.0776. The zero-order valence-electron chi connectivity index (χ0n) is 17.5. The van der Waals surface area contributed by atoms with E-state index < -0.39 is 0 Å². The van der Waals surface area contributed by atoms with Crippen molar-refractivity contribution in [1.29, 1.82) is 0 Å². The maximum atomic E-state index is 6.05. The topological polar surface area (TPSA) is 111 Å². The molecule has 0 unspecified atom stereocenters. The molecule has 1 saturated heterocycles. The van der Waals surface area contributed by atoms with Crippen LogP contribution in [0.3, 0.4) is 0 Å². The molecule has 0 amide bonds. The molecule has 2 aromatic heterocycles. The summed E-state index contributed by atoms with van der Waals surface area (Å²) in [4.78, 5) is 8.75. The van der Waals surface area contributed by atoms with Crippen LogP contribution in [-0.4, -0.2) is 46.0 Å². The van der Waals surface area contributed by atoms with Crippen molar-refractivity contribution in [1.82, 2.24) is 25.5 Å². The van der Waals surface area contributed by atoms with Crippen molar-refractivity contribution in [2.45, 2.75) is 51.6 Å². The van der Waals surface area contributed by atoms with E-state index >= 15 is 0 Å². The largest absolute Gasteiger partial charge is 0.463 e. The summed E-state index contributed by atoms with van der Waals surface area (Å²) in [6.45, 7) is 5.28. The van der Waals surface area contributed by atoms with Crippen LogP contribution in [0.1, 0.15) is 49.4 Å². The van der Waals surface area contributed by atoms with Crippen LogP contribution in [0.4, 0.5) is 5.82 Å². The number of aromatic amines is 1. The van der Waals surface area contributed by atoms with E-state index in [1.165, 1.54) is 11.1 Å². The molecule has 1 aliphatic rings. The van der Waals surface area contributed by atoms with Crippen LogP contribution < -0.4 is 15.8 Å². The van der Waals surface area contributed by atoms with Crippen LogP contribution in [0.25, 0.3) is 11.0 Å². The van der Waals surface area contributed by atoms with Crippen LogP contribution in [0, 0.1) is 0 Å². The molecule has 1 aromatic carbocycles. The zero-order valence-corrected chi connectivity index (χ0v) is 17.5. The number of nitrogens with two attached hydrogens (primary N) is 1. The third-order valence-electron chi connectivity index (χ3n) is 5.43. The number of hydrogen-bond acceptors (Lipinski definition) is 7. The highest BCUT2D eigenvalue weighted by atomic mass is 16.5. The fraction of sp³-hybridized carbons (Fsp3) is 0.500. The van der Waals surface area contributed by atoms with Crippen molar-refractivity contribution in [2.24, 2.45) is 0 Å². The quantitative estimate of drug-likeness (QED) is 0.465. The number of ether oxygens (including phenoxy) is 2. The fourth-order valence-electron chi connectivity index (χ4n) is 3.59. The number of nitrogen functional groups attached to an aromatic ring is 1. The Labute approximate surface area is 176 Å². The maximum absolute atomic E-state index is 6.05. The molecule has 160 valence electrons. The summed E-state index contributed by atoms with van der Waals surface area (Å²) in [6.07, 6.45) is 4.86. The number of nitrogens with one attached hydrogen (secondary N) is 2. The minimum absolute atomic E-state index is 0.311. The monoisotopic (exact) mass is 410 g/mol. The van der Waals surface area contributed by atoms with Crippen LogP contribution in [0.2, 0.25) is 0 Å². The third-order valence-corrected chi connectivity index (χ3v) is 5.43. The predicted octanol–water partition coefficient (Wildman–Crippen LogP) is 2.97. The molecular formula is C22H30N6O2. The summed E-state index contributed by atoms with van der Waals surface area (Å²) in [5, 5.41) is 11.0. The number of benzene rings is 1. The Morgan fingerprint density at radius 2 is 1.90 bits per heavy atom. The van der Waals surface area contributed by atoms with Gasteiger partial charge >= 0.3 is 6.01 Å². The predicted molar refractivity (Wildman–Crippen MR) is 116 cm³/mol. The number of fused-ring (bicyclic) bond motifs is 1. The number of aromatic nitrogens is 4. The van der Waals surface area contributed by atoms with Gasteiger partial charge in [0.05, 0.1) is 12.3 Å². The summed E-state index contributed by atoms with van der Waals surface area (Å²) < 4.78 is 11.1. The minimum Gasteiger partial charge on any atom is -0.463 e. The normalized spacial score (nSPS) is 15.0. The van der Waals surface area contributed by atoms with Crippen LogP contribution in [-0.2, 0) is 17.7 Å². The van der Waals surface area contributed by atoms with Crippen molar-refractivity contribution >= 4 is 16.9 Å². The molecule has 8 nitrogen and oxygen atoms in total. The van der Waals surface area contributed by atoms with E-state index in [1.54, 1.807) is 0 Å². The molecule has 4 rings (SSSR count). The van der Waals surface area contributed by atoms with Gasteiger partial charge in [0, 0.05) is 32.2 Å². The first kappa shape index (κ1) is 20.6. The second kappa shape index (κ2) is 9.86. The highest BCUT2D eigenvalue weighted by Crippen LogP contribution is 2.23. The molecule has 4 N–H and O–H groups in total.